The first-order valence-electron chi connectivity index (χ1n) is 12.5. The molecular formula is C31H35N2O4+. The Morgan fingerprint density at radius 3 is 2.27 bits per heavy atom. The molecule has 1 heterocycles. The second kappa shape index (κ2) is 11.4. The first-order chi connectivity index (χ1) is 17.7. The van der Waals surface area contributed by atoms with Gasteiger partial charge in [0.15, 0.2) is 5.78 Å². The van der Waals surface area contributed by atoms with E-state index in [1.54, 1.807) is 0 Å². The Kier molecular flexibility index (Phi) is 8.09. The molecule has 0 N–H and O–H groups in total. The van der Waals surface area contributed by atoms with Crippen LogP contribution >= 0.6 is 0 Å². The minimum atomic E-state index is -0.401. The van der Waals surface area contributed by atoms with Gasteiger partial charge in [0.1, 0.15) is 24.6 Å². The van der Waals surface area contributed by atoms with Gasteiger partial charge in [-0.15, -0.1) is 0 Å². The Hall–Kier alpha value is -3.90. The Morgan fingerprint density at radius 2 is 1.59 bits per heavy atom. The highest BCUT2D eigenvalue weighted by molar-refractivity contribution is 5.97. The molecule has 0 aliphatic heterocycles. The van der Waals surface area contributed by atoms with Crippen LogP contribution in [0.5, 0.6) is 5.75 Å². The number of rotatable bonds is 11. The molecule has 4 rings (SSSR count). The smallest absolute Gasteiger partial charge is 0.354 e. The van der Waals surface area contributed by atoms with Gasteiger partial charge in [0.2, 0.25) is 0 Å². The fraction of sp³-hybridized carbons (Fsp3) is 0.290. The summed E-state index contributed by atoms with van der Waals surface area (Å²) >= 11 is 0. The van der Waals surface area contributed by atoms with Gasteiger partial charge in [0.25, 0.3) is 0 Å². The molecule has 6 heteroatoms. The number of benzene rings is 3. The van der Waals surface area contributed by atoms with Crippen molar-refractivity contribution in [3.8, 4) is 5.75 Å². The summed E-state index contributed by atoms with van der Waals surface area (Å²) in [6.45, 7) is 1.91. The number of hydrogen-bond acceptors (Lipinski definition) is 4. The van der Waals surface area contributed by atoms with Gasteiger partial charge in [-0.2, -0.15) is 0 Å². The number of quaternary nitrogens is 1. The molecule has 3 aromatic carbocycles. The number of Topliss-reactive ketones (excluding diaryl/α,β-unsaturated/α-hetero) is 1. The zero-order chi connectivity index (χ0) is 26.4. The summed E-state index contributed by atoms with van der Waals surface area (Å²) in [5.74, 6) is 0.431. The molecule has 4 aromatic rings. The highest BCUT2D eigenvalue weighted by Crippen LogP contribution is 2.26. The van der Waals surface area contributed by atoms with Crippen molar-refractivity contribution in [3.05, 3.63) is 101 Å². The van der Waals surface area contributed by atoms with Crippen LogP contribution in [-0.4, -0.2) is 49.1 Å². The number of methoxy groups -OCH3 is 1. The second-order valence-corrected chi connectivity index (χ2v) is 10.3. The van der Waals surface area contributed by atoms with Gasteiger partial charge in [-0.3, -0.25) is 4.79 Å². The maximum Gasteiger partial charge on any atom is 0.354 e. The molecule has 0 radical (unpaired) electrons. The van der Waals surface area contributed by atoms with Gasteiger partial charge in [-0.05, 0) is 36.2 Å². The molecule has 0 atom stereocenters. The average Bonchev–Trinajstić information content (AvgIpc) is 3.24. The predicted molar refractivity (Wildman–Crippen MR) is 146 cm³/mol. The van der Waals surface area contributed by atoms with Crippen LogP contribution in [0.1, 0.15) is 44.8 Å². The lowest BCUT2D eigenvalue weighted by atomic mass is 10.0. The molecule has 0 aliphatic rings. The van der Waals surface area contributed by atoms with Crippen molar-refractivity contribution in [2.75, 3.05) is 28.3 Å². The first-order valence-corrected chi connectivity index (χ1v) is 12.5. The molecule has 192 valence electrons. The van der Waals surface area contributed by atoms with Gasteiger partial charge in [0.05, 0.1) is 28.3 Å². The third kappa shape index (κ3) is 6.86. The summed E-state index contributed by atoms with van der Waals surface area (Å²) < 4.78 is 13.8. The number of aryl methyl sites for hydroxylation is 1. The molecule has 0 amide bonds. The van der Waals surface area contributed by atoms with Crippen LogP contribution in [-0.2, 0) is 24.4 Å². The van der Waals surface area contributed by atoms with Crippen molar-refractivity contribution < 1.29 is 23.5 Å². The molecule has 0 fully saturated rings. The lowest BCUT2D eigenvalue weighted by molar-refractivity contribution is -0.884. The topological polar surface area (TPSA) is 57.5 Å². The normalized spacial score (nSPS) is 11.5. The van der Waals surface area contributed by atoms with Crippen molar-refractivity contribution in [2.24, 2.45) is 0 Å². The Morgan fingerprint density at radius 1 is 0.865 bits per heavy atom. The number of carbonyl (C=O) groups is 2. The quantitative estimate of drug-likeness (QED) is 0.147. The van der Waals surface area contributed by atoms with Gasteiger partial charge < -0.3 is 18.5 Å². The Bertz CT molecular complexity index is 1370. The molecule has 0 saturated carbocycles. The monoisotopic (exact) mass is 499 g/mol. The van der Waals surface area contributed by atoms with Crippen molar-refractivity contribution in [1.82, 2.24) is 4.57 Å². The number of aromatic nitrogens is 1. The van der Waals surface area contributed by atoms with Crippen LogP contribution in [0.4, 0.5) is 0 Å². The van der Waals surface area contributed by atoms with E-state index in [0.29, 0.717) is 31.7 Å². The van der Waals surface area contributed by atoms with Gasteiger partial charge in [-0.25, -0.2) is 4.79 Å². The molecule has 0 saturated heterocycles. The molecule has 0 bridgehead atoms. The van der Waals surface area contributed by atoms with E-state index in [1.165, 1.54) is 12.7 Å². The third-order valence-corrected chi connectivity index (χ3v) is 6.23. The molecular weight excluding hydrogens is 464 g/mol. The maximum atomic E-state index is 12.8. The van der Waals surface area contributed by atoms with Crippen LogP contribution in [0, 0.1) is 0 Å². The van der Waals surface area contributed by atoms with E-state index in [1.807, 2.05) is 83.4 Å². The summed E-state index contributed by atoms with van der Waals surface area (Å²) in [6, 6.07) is 25.5. The van der Waals surface area contributed by atoms with E-state index >= 15 is 0 Å². The zero-order valence-corrected chi connectivity index (χ0v) is 22.1. The summed E-state index contributed by atoms with van der Waals surface area (Å²) in [5, 5.41) is 0.894. The highest BCUT2D eigenvalue weighted by atomic mass is 16.5. The van der Waals surface area contributed by atoms with Crippen molar-refractivity contribution in [1.29, 1.82) is 0 Å². The minimum Gasteiger partial charge on any atom is -0.489 e. The van der Waals surface area contributed by atoms with E-state index in [4.69, 9.17) is 9.47 Å². The number of esters is 1. The zero-order valence-electron chi connectivity index (χ0n) is 22.1. The van der Waals surface area contributed by atoms with Crippen LogP contribution in [0.25, 0.3) is 10.9 Å². The molecule has 0 unspecified atom stereocenters. The minimum absolute atomic E-state index is 0.101. The average molecular weight is 500 g/mol. The number of fused-ring (bicyclic) bond motifs is 1. The highest BCUT2D eigenvalue weighted by Gasteiger charge is 2.17. The number of nitrogens with zero attached hydrogens (tertiary/aromatic N) is 2. The SMILES string of the molecule is COC(=O)c1cc2cc(OCc3ccccc3)ccc2n1CCCC(=O)c1ccc(C[N+](C)(C)C)cc1. The third-order valence-electron chi connectivity index (χ3n) is 6.23. The van der Waals surface area contributed by atoms with Crippen molar-refractivity contribution >= 4 is 22.7 Å². The fourth-order valence-corrected chi connectivity index (χ4v) is 4.48. The molecule has 1 aromatic heterocycles. The molecule has 0 aliphatic carbocycles. The summed E-state index contributed by atoms with van der Waals surface area (Å²) in [7, 11) is 7.81. The van der Waals surface area contributed by atoms with Crippen LogP contribution in [0.3, 0.4) is 0 Å². The Balaban J connectivity index is 1.44. The van der Waals surface area contributed by atoms with Gasteiger partial charge >= 0.3 is 5.97 Å². The summed E-state index contributed by atoms with van der Waals surface area (Å²) in [4.78, 5) is 25.3. The second-order valence-electron chi connectivity index (χ2n) is 10.3. The van der Waals surface area contributed by atoms with E-state index in [2.05, 4.69) is 21.1 Å². The number of ketones is 1. The Labute approximate surface area is 218 Å². The van der Waals surface area contributed by atoms with E-state index in [9.17, 15) is 9.59 Å². The molecule has 6 nitrogen and oxygen atoms in total. The van der Waals surface area contributed by atoms with Gasteiger partial charge in [-0.1, -0.05) is 54.6 Å². The lowest BCUT2D eigenvalue weighted by Crippen LogP contribution is -2.33. The van der Waals surface area contributed by atoms with Crippen LogP contribution in [0.15, 0.2) is 78.9 Å². The number of hydrogen-bond donors (Lipinski definition) is 0. The predicted octanol–water partition coefficient (Wildman–Crippen LogP) is 5.88. The molecule has 37 heavy (non-hydrogen) atoms. The van der Waals surface area contributed by atoms with E-state index < -0.39 is 5.97 Å². The van der Waals surface area contributed by atoms with Crippen LogP contribution in [0.2, 0.25) is 0 Å². The number of ether oxygens (including phenoxy) is 2. The summed E-state index contributed by atoms with van der Waals surface area (Å²) in [6.07, 6.45) is 1.01. The first kappa shape index (κ1) is 26.2. The van der Waals surface area contributed by atoms with Crippen LogP contribution < -0.4 is 4.74 Å². The van der Waals surface area contributed by atoms with Gasteiger partial charge in [0, 0.05) is 35.0 Å². The molecule has 0 spiro atoms. The standard InChI is InChI=1S/C31H35N2O4/c1-33(2,3)21-23-12-14-25(15-13-23)30(34)11-8-18-32-28-17-16-27(37-22-24-9-6-5-7-10-24)19-26(28)20-29(32)31(35)36-4/h5-7,9-10,12-17,19-20H,8,11,18,21-22H2,1-4H3/q+1. The lowest BCUT2D eigenvalue weighted by Gasteiger charge is -2.23. The summed E-state index contributed by atoms with van der Waals surface area (Å²) in [5.41, 5.74) is 4.39. The van der Waals surface area contributed by atoms with E-state index in [0.717, 1.165) is 38.8 Å². The van der Waals surface area contributed by atoms with E-state index in [-0.39, 0.29) is 5.78 Å². The fourth-order valence-electron chi connectivity index (χ4n) is 4.48. The largest absolute Gasteiger partial charge is 0.489 e. The maximum absolute atomic E-state index is 12.8. The number of carbonyl (C=O) groups excluding carboxylic acids is 2. The van der Waals surface area contributed by atoms with Crippen molar-refractivity contribution in [3.63, 3.8) is 0 Å². The van der Waals surface area contributed by atoms with Crippen molar-refractivity contribution in [2.45, 2.75) is 32.5 Å².